The van der Waals surface area contributed by atoms with Gasteiger partial charge < -0.3 is 10.6 Å². The average Bonchev–Trinajstić information content (AvgIpc) is 2.88. The largest absolute Gasteiger partial charge is 0.326 e. The van der Waals surface area contributed by atoms with E-state index in [9.17, 15) is 9.59 Å². The molecule has 2 aromatic rings. The number of nitrogens with one attached hydrogen (secondary N) is 2. The highest BCUT2D eigenvalue weighted by Crippen LogP contribution is 2.28. The van der Waals surface area contributed by atoms with Crippen LogP contribution in [0.3, 0.4) is 0 Å². The van der Waals surface area contributed by atoms with Crippen molar-refractivity contribution >= 4 is 46.6 Å². The number of fused-ring (bicyclic) bond motifs is 1. The first-order valence-electron chi connectivity index (χ1n) is 7.22. The molecule has 6 heteroatoms. The SMILES string of the molecule is O=C(CCSc1ccccc1Cl)Nc1ccc2c(c1)CC(=O)N2. The molecule has 0 bridgehead atoms. The first-order chi connectivity index (χ1) is 11.1. The molecule has 2 amide bonds. The lowest BCUT2D eigenvalue weighted by Crippen LogP contribution is -2.12. The predicted molar refractivity (Wildman–Crippen MR) is 94.2 cm³/mol. The highest BCUT2D eigenvalue weighted by molar-refractivity contribution is 7.99. The summed E-state index contributed by atoms with van der Waals surface area (Å²) in [4.78, 5) is 24.3. The van der Waals surface area contributed by atoms with Gasteiger partial charge in [0.15, 0.2) is 0 Å². The first-order valence-corrected chi connectivity index (χ1v) is 8.58. The van der Waals surface area contributed by atoms with Gasteiger partial charge in [0.2, 0.25) is 11.8 Å². The molecule has 2 N–H and O–H groups in total. The van der Waals surface area contributed by atoms with Gasteiger partial charge in [0, 0.05) is 28.4 Å². The van der Waals surface area contributed by atoms with Gasteiger partial charge in [-0.25, -0.2) is 0 Å². The molecule has 1 heterocycles. The standard InChI is InChI=1S/C17H15ClN2O2S/c18-13-3-1-2-4-15(13)23-8-7-16(21)19-12-5-6-14-11(9-12)10-17(22)20-14/h1-6,9H,7-8,10H2,(H,19,21)(H,20,22). The van der Waals surface area contributed by atoms with Gasteiger partial charge in [-0.2, -0.15) is 0 Å². The van der Waals surface area contributed by atoms with Crippen molar-refractivity contribution < 1.29 is 9.59 Å². The van der Waals surface area contributed by atoms with E-state index in [1.165, 1.54) is 0 Å². The third kappa shape index (κ3) is 4.06. The van der Waals surface area contributed by atoms with Crippen LogP contribution in [0.25, 0.3) is 0 Å². The maximum atomic E-state index is 12.0. The van der Waals surface area contributed by atoms with E-state index in [0.717, 1.165) is 16.1 Å². The molecule has 1 aliphatic rings. The molecule has 0 saturated heterocycles. The zero-order chi connectivity index (χ0) is 16.2. The van der Waals surface area contributed by atoms with Crippen LogP contribution in [0.15, 0.2) is 47.4 Å². The first kappa shape index (κ1) is 15.9. The average molecular weight is 347 g/mol. The zero-order valence-electron chi connectivity index (χ0n) is 12.3. The third-order valence-electron chi connectivity index (χ3n) is 3.44. The highest BCUT2D eigenvalue weighted by atomic mass is 35.5. The van der Waals surface area contributed by atoms with Crippen molar-refractivity contribution in [2.24, 2.45) is 0 Å². The summed E-state index contributed by atoms with van der Waals surface area (Å²) in [5.74, 6) is 0.585. The van der Waals surface area contributed by atoms with Crippen molar-refractivity contribution in [1.82, 2.24) is 0 Å². The number of anilines is 2. The van der Waals surface area contributed by atoms with E-state index in [0.29, 0.717) is 29.3 Å². The van der Waals surface area contributed by atoms with Gasteiger partial charge >= 0.3 is 0 Å². The molecule has 0 aromatic heterocycles. The molecule has 0 aliphatic carbocycles. The Hall–Kier alpha value is -1.98. The Kier molecular flexibility index (Phi) is 4.88. The molecule has 23 heavy (non-hydrogen) atoms. The Morgan fingerprint density at radius 1 is 1.26 bits per heavy atom. The van der Waals surface area contributed by atoms with Crippen LogP contribution in [0.5, 0.6) is 0 Å². The Balaban J connectivity index is 1.51. The van der Waals surface area contributed by atoms with Crippen molar-refractivity contribution in [3.8, 4) is 0 Å². The van der Waals surface area contributed by atoms with Crippen LogP contribution in [0.2, 0.25) is 5.02 Å². The molecule has 0 radical (unpaired) electrons. The molecule has 0 saturated carbocycles. The van der Waals surface area contributed by atoms with Crippen molar-refractivity contribution in [2.45, 2.75) is 17.7 Å². The number of rotatable bonds is 5. The van der Waals surface area contributed by atoms with Crippen LogP contribution >= 0.6 is 23.4 Å². The maximum absolute atomic E-state index is 12.0. The van der Waals surface area contributed by atoms with Gasteiger partial charge in [0.25, 0.3) is 0 Å². The monoisotopic (exact) mass is 346 g/mol. The summed E-state index contributed by atoms with van der Waals surface area (Å²) in [5, 5.41) is 6.33. The molecule has 0 unspecified atom stereocenters. The molecule has 118 valence electrons. The van der Waals surface area contributed by atoms with Gasteiger partial charge in [-0.3, -0.25) is 9.59 Å². The van der Waals surface area contributed by atoms with Crippen LogP contribution < -0.4 is 10.6 Å². The number of halogens is 1. The second kappa shape index (κ2) is 7.06. The minimum Gasteiger partial charge on any atom is -0.326 e. The van der Waals surface area contributed by atoms with Crippen LogP contribution in [-0.2, 0) is 16.0 Å². The van der Waals surface area contributed by atoms with Gasteiger partial charge in [-0.05, 0) is 35.9 Å². The molecular formula is C17H15ClN2O2S. The molecule has 2 aromatic carbocycles. The van der Waals surface area contributed by atoms with Crippen molar-refractivity contribution in [2.75, 3.05) is 16.4 Å². The highest BCUT2D eigenvalue weighted by Gasteiger charge is 2.17. The fourth-order valence-electron chi connectivity index (χ4n) is 2.35. The lowest BCUT2D eigenvalue weighted by Gasteiger charge is -2.07. The Labute approximate surface area is 143 Å². The minimum atomic E-state index is -0.0539. The lowest BCUT2D eigenvalue weighted by molar-refractivity contribution is -0.116. The van der Waals surface area contributed by atoms with E-state index in [2.05, 4.69) is 10.6 Å². The van der Waals surface area contributed by atoms with Gasteiger partial charge in [0.1, 0.15) is 0 Å². The van der Waals surface area contributed by atoms with E-state index in [1.54, 1.807) is 17.8 Å². The summed E-state index contributed by atoms with van der Waals surface area (Å²) in [6.07, 6.45) is 0.756. The summed E-state index contributed by atoms with van der Waals surface area (Å²) in [6, 6.07) is 13.0. The van der Waals surface area contributed by atoms with E-state index >= 15 is 0 Å². The number of carbonyl (C=O) groups is 2. The third-order valence-corrected chi connectivity index (χ3v) is 4.95. The molecule has 0 atom stereocenters. The summed E-state index contributed by atoms with van der Waals surface area (Å²) >= 11 is 7.64. The predicted octanol–water partition coefficient (Wildman–Crippen LogP) is 3.96. The van der Waals surface area contributed by atoms with Gasteiger partial charge in [0.05, 0.1) is 11.4 Å². The number of hydrogen-bond donors (Lipinski definition) is 2. The smallest absolute Gasteiger partial charge is 0.228 e. The number of carbonyl (C=O) groups excluding carboxylic acids is 2. The number of amides is 2. The fourth-order valence-corrected chi connectivity index (χ4v) is 3.53. The summed E-state index contributed by atoms with van der Waals surface area (Å²) in [7, 11) is 0. The molecular weight excluding hydrogens is 332 g/mol. The van der Waals surface area contributed by atoms with Crippen LogP contribution in [-0.4, -0.2) is 17.6 Å². The molecule has 3 rings (SSSR count). The molecule has 1 aliphatic heterocycles. The van der Waals surface area contributed by atoms with Crippen LogP contribution in [0.1, 0.15) is 12.0 Å². The van der Waals surface area contributed by atoms with Crippen molar-refractivity contribution in [3.63, 3.8) is 0 Å². The fraction of sp³-hybridized carbons (Fsp3) is 0.176. The summed E-state index contributed by atoms with van der Waals surface area (Å²) < 4.78 is 0. The number of thioether (sulfide) groups is 1. The number of benzene rings is 2. The number of hydrogen-bond acceptors (Lipinski definition) is 3. The van der Waals surface area contributed by atoms with E-state index in [1.807, 2.05) is 36.4 Å². The molecule has 4 nitrogen and oxygen atoms in total. The second-order valence-electron chi connectivity index (χ2n) is 5.17. The summed E-state index contributed by atoms with van der Waals surface area (Å²) in [6.45, 7) is 0. The van der Waals surface area contributed by atoms with Crippen molar-refractivity contribution in [3.05, 3.63) is 53.1 Å². The van der Waals surface area contributed by atoms with Gasteiger partial charge in [-0.1, -0.05) is 23.7 Å². The molecule has 0 fully saturated rings. The van der Waals surface area contributed by atoms with E-state index in [4.69, 9.17) is 11.6 Å². The zero-order valence-corrected chi connectivity index (χ0v) is 13.8. The van der Waals surface area contributed by atoms with E-state index < -0.39 is 0 Å². The minimum absolute atomic E-state index is 0.0142. The summed E-state index contributed by atoms with van der Waals surface area (Å²) in [5.41, 5.74) is 2.45. The maximum Gasteiger partial charge on any atom is 0.228 e. The second-order valence-corrected chi connectivity index (χ2v) is 6.72. The molecule has 0 spiro atoms. The lowest BCUT2D eigenvalue weighted by atomic mass is 10.1. The normalized spacial score (nSPS) is 12.7. The van der Waals surface area contributed by atoms with Crippen LogP contribution in [0, 0.1) is 0 Å². The van der Waals surface area contributed by atoms with E-state index in [-0.39, 0.29) is 11.8 Å². The Morgan fingerprint density at radius 3 is 2.91 bits per heavy atom. The van der Waals surface area contributed by atoms with Crippen LogP contribution in [0.4, 0.5) is 11.4 Å². The topological polar surface area (TPSA) is 58.2 Å². The van der Waals surface area contributed by atoms with Gasteiger partial charge in [-0.15, -0.1) is 11.8 Å². The quantitative estimate of drug-likeness (QED) is 0.806. The Morgan fingerprint density at radius 2 is 2.09 bits per heavy atom. The Bertz CT molecular complexity index is 764. The van der Waals surface area contributed by atoms with Crippen molar-refractivity contribution in [1.29, 1.82) is 0 Å².